The predicted octanol–water partition coefficient (Wildman–Crippen LogP) is 3.26. The van der Waals surface area contributed by atoms with Crippen molar-refractivity contribution < 1.29 is 17.9 Å². The Morgan fingerprint density at radius 1 is 1.18 bits per heavy atom. The van der Waals surface area contributed by atoms with Gasteiger partial charge in [0, 0.05) is 18.8 Å². The number of hydrogen-bond donors (Lipinski definition) is 1. The molecule has 1 N–H and O–H groups in total. The molecule has 0 aliphatic heterocycles. The Labute approximate surface area is 169 Å². The molecule has 0 aliphatic carbocycles. The number of amides is 1. The fourth-order valence-electron chi connectivity index (χ4n) is 2.45. The van der Waals surface area contributed by atoms with Crippen LogP contribution < -0.4 is 10.1 Å². The highest BCUT2D eigenvalue weighted by atomic mass is 35.5. The van der Waals surface area contributed by atoms with Crippen molar-refractivity contribution in [1.82, 2.24) is 4.31 Å². The van der Waals surface area contributed by atoms with E-state index in [1.165, 1.54) is 22.5 Å². The summed E-state index contributed by atoms with van der Waals surface area (Å²) in [5, 5.41) is 11.4. The van der Waals surface area contributed by atoms with Gasteiger partial charge in [-0.1, -0.05) is 25.4 Å². The number of anilines is 1. The average Bonchev–Trinajstić information content (AvgIpc) is 2.69. The van der Waals surface area contributed by atoms with Gasteiger partial charge in [-0.15, -0.1) is 0 Å². The third kappa shape index (κ3) is 5.23. The largest absolute Gasteiger partial charge is 0.484 e. The summed E-state index contributed by atoms with van der Waals surface area (Å²) in [6, 6.07) is 12.6. The Balaban J connectivity index is 2.09. The first kappa shape index (κ1) is 21.7. The van der Waals surface area contributed by atoms with E-state index in [1.54, 1.807) is 38.1 Å². The van der Waals surface area contributed by atoms with Gasteiger partial charge in [-0.3, -0.25) is 4.79 Å². The van der Waals surface area contributed by atoms with E-state index in [9.17, 15) is 13.2 Å². The third-order valence-electron chi connectivity index (χ3n) is 3.89. The first-order chi connectivity index (χ1) is 13.3. The summed E-state index contributed by atoms with van der Waals surface area (Å²) >= 11 is 6.08. The van der Waals surface area contributed by atoms with Crippen LogP contribution in [0.2, 0.25) is 5.02 Å². The highest BCUT2D eigenvalue weighted by molar-refractivity contribution is 7.89. The number of rotatable bonds is 8. The zero-order valence-corrected chi connectivity index (χ0v) is 17.0. The smallest absolute Gasteiger partial charge is 0.262 e. The summed E-state index contributed by atoms with van der Waals surface area (Å²) in [5.41, 5.74) is 0.781. The minimum Gasteiger partial charge on any atom is -0.484 e. The van der Waals surface area contributed by atoms with E-state index in [2.05, 4.69) is 5.32 Å². The number of halogens is 1. The molecule has 2 aromatic carbocycles. The lowest BCUT2D eigenvalue weighted by Crippen LogP contribution is -2.31. The van der Waals surface area contributed by atoms with Gasteiger partial charge in [-0.2, -0.15) is 9.57 Å². The molecule has 2 aromatic rings. The van der Waals surface area contributed by atoms with Crippen LogP contribution in [-0.4, -0.2) is 38.3 Å². The molecule has 7 nitrogen and oxygen atoms in total. The number of nitrogens with one attached hydrogen (secondary N) is 1. The van der Waals surface area contributed by atoms with Crippen LogP contribution in [0.15, 0.2) is 47.4 Å². The summed E-state index contributed by atoms with van der Waals surface area (Å²) in [6.45, 7) is 3.82. The molecule has 2 rings (SSSR count). The molecule has 0 atom stereocenters. The van der Waals surface area contributed by atoms with Crippen molar-refractivity contribution in [2.24, 2.45) is 0 Å². The van der Waals surface area contributed by atoms with Crippen molar-refractivity contribution >= 4 is 33.2 Å². The minimum atomic E-state index is -3.76. The van der Waals surface area contributed by atoms with Crippen LogP contribution in [0.1, 0.15) is 19.4 Å². The van der Waals surface area contributed by atoms with Crippen molar-refractivity contribution in [3.8, 4) is 11.8 Å². The molecular weight excluding hydrogens is 402 g/mol. The molecule has 0 aromatic heterocycles. The van der Waals surface area contributed by atoms with Crippen molar-refractivity contribution in [3.63, 3.8) is 0 Å². The fourth-order valence-corrected chi connectivity index (χ4v) is 4.41. The Bertz CT molecular complexity index is 981. The number of nitriles is 1. The molecule has 0 radical (unpaired) electrons. The molecule has 0 bridgehead atoms. The molecule has 148 valence electrons. The maximum absolute atomic E-state index is 12.7. The molecule has 0 fully saturated rings. The van der Waals surface area contributed by atoms with Crippen LogP contribution in [0.25, 0.3) is 0 Å². The summed E-state index contributed by atoms with van der Waals surface area (Å²) in [5.74, 6) is -0.0204. The van der Waals surface area contributed by atoms with Gasteiger partial charge in [0.2, 0.25) is 10.0 Å². The third-order valence-corrected chi connectivity index (χ3v) is 6.42. The Morgan fingerprint density at radius 2 is 1.82 bits per heavy atom. The molecule has 0 saturated heterocycles. The standard InChI is InChI=1S/C19H20ClN3O4S/c1-3-23(4-2)28(25,26)18-11-15(7-10-17(18)20)22-19(24)13-27-16-8-5-14(12-21)6-9-16/h5-11H,3-4,13H2,1-2H3,(H,22,24). The van der Waals surface area contributed by atoms with Crippen LogP contribution in [0, 0.1) is 11.3 Å². The Hall–Kier alpha value is -2.60. The van der Waals surface area contributed by atoms with Crippen molar-refractivity contribution in [2.75, 3.05) is 25.0 Å². The SMILES string of the molecule is CCN(CC)S(=O)(=O)c1cc(NC(=O)COc2ccc(C#N)cc2)ccc1Cl. The summed E-state index contributed by atoms with van der Waals surface area (Å²) < 4.78 is 32.0. The topological polar surface area (TPSA) is 99.5 Å². The van der Waals surface area contributed by atoms with Gasteiger partial charge in [0.25, 0.3) is 5.91 Å². The van der Waals surface area contributed by atoms with E-state index in [4.69, 9.17) is 21.6 Å². The van der Waals surface area contributed by atoms with Gasteiger partial charge in [-0.05, 0) is 42.5 Å². The maximum Gasteiger partial charge on any atom is 0.262 e. The van der Waals surface area contributed by atoms with Crippen LogP contribution in [-0.2, 0) is 14.8 Å². The van der Waals surface area contributed by atoms with Gasteiger partial charge in [0.15, 0.2) is 6.61 Å². The number of benzene rings is 2. The molecule has 1 amide bonds. The van der Waals surface area contributed by atoms with Gasteiger partial charge < -0.3 is 10.1 Å². The van der Waals surface area contributed by atoms with Crippen LogP contribution in [0.4, 0.5) is 5.69 Å². The number of sulfonamides is 1. The van der Waals surface area contributed by atoms with Gasteiger partial charge in [0.05, 0.1) is 16.7 Å². The minimum absolute atomic E-state index is 0.0660. The van der Waals surface area contributed by atoms with Crippen LogP contribution in [0.3, 0.4) is 0 Å². The van der Waals surface area contributed by atoms with Crippen molar-refractivity contribution in [3.05, 3.63) is 53.1 Å². The van der Waals surface area contributed by atoms with Crippen molar-refractivity contribution in [1.29, 1.82) is 5.26 Å². The molecule has 0 aliphatic rings. The number of nitrogens with zero attached hydrogens (tertiary/aromatic N) is 2. The molecule has 0 spiro atoms. The number of ether oxygens (including phenoxy) is 1. The highest BCUT2D eigenvalue weighted by Crippen LogP contribution is 2.27. The van der Waals surface area contributed by atoms with E-state index in [-0.39, 0.29) is 16.5 Å². The number of carbonyl (C=O) groups excluding carboxylic acids is 1. The van der Waals surface area contributed by atoms with Gasteiger partial charge in [-0.25, -0.2) is 8.42 Å². The second-order valence-electron chi connectivity index (χ2n) is 5.71. The molecule has 0 heterocycles. The zero-order valence-electron chi connectivity index (χ0n) is 15.5. The first-order valence-electron chi connectivity index (χ1n) is 8.54. The molecular formula is C19H20ClN3O4S. The second-order valence-corrected chi connectivity index (χ2v) is 8.02. The maximum atomic E-state index is 12.7. The normalized spacial score (nSPS) is 11.1. The summed E-state index contributed by atoms with van der Waals surface area (Å²) in [6.07, 6.45) is 0. The monoisotopic (exact) mass is 421 g/mol. The average molecular weight is 422 g/mol. The van der Waals surface area contributed by atoms with Crippen LogP contribution in [0.5, 0.6) is 5.75 Å². The Kier molecular flexibility index (Phi) is 7.40. The van der Waals surface area contributed by atoms with E-state index >= 15 is 0 Å². The summed E-state index contributed by atoms with van der Waals surface area (Å²) in [4.78, 5) is 12.1. The predicted molar refractivity (Wildman–Crippen MR) is 107 cm³/mol. The highest BCUT2D eigenvalue weighted by Gasteiger charge is 2.25. The quantitative estimate of drug-likeness (QED) is 0.705. The number of carbonyl (C=O) groups is 1. The van der Waals surface area contributed by atoms with E-state index in [0.717, 1.165) is 0 Å². The van der Waals surface area contributed by atoms with E-state index < -0.39 is 15.9 Å². The molecule has 0 saturated carbocycles. The number of hydrogen-bond acceptors (Lipinski definition) is 5. The lowest BCUT2D eigenvalue weighted by molar-refractivity contribution is -0.118. The lowest BCUT2D eigenvalue weighted by atomic mass is 10.2. The molecule has 9 heteroatoms. The zero-order chi connectivity index (χ0) is 20.7. The first-order valence-corrected chi connectivity index (χ1v) is 10.4. The Morgan fingerprint density at radius 3 is 2.39 bits per heavy atom. The van der Waals surface area contributed by atoms with Gasteiger partial charge in [0.1, 0.15) is 10.6 Å². The molecule has 28 heavy (non-hydrogen) atoms. The van der Waals surface area contributed by atoms with Gasteiger partial charge >= 0.3 is 0 Å². The molecule has 0 unspecified atom stereocenters. The second kappa shape index (κ2) is 9.55. The van der Waals surface area contributed by atoms with E-state index in [1.807, 2.05) is 6.07 Å². The van der Waals surface area contributed by atoms with E-state index in [0.29, 0.717) is 30.1 Å². The van der Waals surface area contributed by atoms with Crippen molar-refractivity contribution in [2.45, 2.75) is 18.7 Å². The lowest BCUT2D eigenvalue weighted by Gasteiger charge is -2.19. The summed E-state index contributed by atoms with van der Waals surface area (Å²) in [7, 11) is -3.76. The van der Waals surface area contributed by atoms with Crippen LogP contribution >= 0.6 is 11.6 Å². The fraction of sp³-hybridized carbons (Fsp3) is 0.263.